The summed E-state index contributed by atoms with van der Waals surface area (Å²) in [6, 6.07) is 0.195. The van der Waals surface area contributed by atoms with E-state index in [9.17, 15) is 4.79 Å². The number of rotatable bonds is 6. The molecule has 1 fully saturated rings. The molecular formula is C19H33N5O. The predicted octanol–water partition coefficient (Wildman–Crippen LogP) is 2.32. The van der Waals surface area contributed by atoms with E-state index in [1.807, 2.05) is 6.20 Å². The predicted molar refractivity (Wildman–Crippen MR) is 99.6 cm³/mol. The fourth-order valence-corrected chi connectivity index (χ4v) is 3.86. The Labute approximate surface area is 151 Å². The van der Waals surface area contributed by atoms with Gasteiger partial charge in [0, 0.05) is 24.7 Å². The Hall–Kier alpha value is -1.56. The summed E-state index contributed by atoms with van der Waals surface area (Å²) in [6.07, 6.45) is 8.42. The second-order valence-electron chi connectivity index (χ2n) is 8.14. The highest BCUT2D eigenvalue weighted by Gasteiger charge is 2.23. The molecular weight excluding hydrogens is 314 g/mol. The van der Waals surface area contributed by atoms with Crippen molar-refractivity contribution in [3.63, 3.8) is 0 Å². The molecule has 0 bridgehead atoms. The number of urea groups is 1. The Kier molecular flexibility index (Phi) is 6.34. The molecule has 0 radical (unpaired) electrons. The maximum atomic E-state index is 12.2. The van der Waals surface area contributed by atoms with Gasteiger partial charge in [-0.25, -0.2) is 4.79 Å². The first-order valence-electron chi connectivity index (χ1n) is 9.88. The van der Waals surface area contributed by atoms with Gasteiger partial charge in [0.05, 0.1) is 6.20 Å². The number of carbonyl (C=O) groups is 1. The van der Waals surface area contributed by atoms with Gasteiger partial charge >= 0.3 is 6.03 Å². The average Bonchev–Trinajstić information content (AvgIpc) is 3.07. The van der Waals surface area contributed by atoms with Crippen LogP contribution in [0.4, 0.5) is 4.79 Å². The summed E-state index contributed by atoms with van der Waals surface area (Å²) in [5.41, 5.74) is 2.47. The molecule has 2 amide bonds. The maximum absolute atomic E-state index is 12.2. The van der Waals surface area contributed by atoms with E-state index in [0.717, 1.165) is 31.7 Å². The lowest BCUT2D eigenvalue weighted by Crippen LogP contribution is -2.46. The second-order valence-corrected chi connectivity index (χ2v) is 8.14. The number of aryl methyl sites for hydroxylation is 1. The minimum atomic E-state index is -0.0183. The van der Waals surface area contributed by atoms with E-state index in [0.29, 0.717) is 5.92 Å². The Morgan fingerprint density at radius 3 is 2.92 bits per heavy atom. The molecule has 0 spiro atoms. The van der Waals surface area contributed by atoms with Crippen molar-refractivity contribution in [1.29, 1.82) is 0 Å². The highest BCUT2D eigenvalue weighted by molar-refractivity contribution is 5.74. The number of hydrogen-bond acceptors (Lipinski definition) is 3. The minimum absolute atomic E-state index is 0.0183. The first-order valence-corrected chi connectivity index (χ1v) is 9.88. The molecule has 3 N–H and O–H groups in total. The molecule has 6 heteroatoms. The molecule has 1 atom stereocenters. The van der Waals surface area contributed by atoms with Crippen LogP contribution in [0.1, 0.15) is 50.8 Å². The van der Waals surface area contributed by atoms with Crippen molar-refractivity contribution < 1.29 is 4.79 Å². The summed E-state index contributed by atoms with van der Waals surface area (Å²) in [5.74, 6) is 1.40. The van der Waals surface area contributed by atoms with Gasteiger partial charge in [-0.05, 0) is 69.1 Å². The van der Waals surface area contributed by atoms with Crippen molar-refractivity contribution in [3.05, 3.63) is 17.5 Å². The van der Waals surface area contributed by atoms with E-state index in [1.165, 1.54) is 50.2 Å². The molecule has 1 saturated heterocycles. The molecule has 2 heterocycles. The summed E-state index contributed by atoms with van der Waals surface area (Å²) >= 11 is 0. The largest absolute Gasteiger partial charge is 0.338 e. The van der Waals surface area contributed by atoms with Crippen molar-refractivity contribution in [3.8, 4) is 0 Å². The third-order valence-corrected chi connectivity index (χ3v) is 5.64. The standard InChI is InChI=1S/C19H33N5O/c1-14(2)5-8-24-9-6-15(7-10-24)12-20-19(25)22-17-4-3-16-13-21-23-18(16)11-17/h13-15,17H,3-12H2,1-2H3,(H,21,23)(H2,20,22,25). The van der Waals surface area contributed by atoms with Gasteiger partial charge in [0.25, 0.3) is 0 Å². The maximum Gasteiger partial charge on any atom is 0.315 e. The molecule has 6 nitrogen and oxygen atoms in total. The molecule has 1 aliphatic carbocycles. The van der Waals surface area contributed by atoms with Crippen LogP contribution in [0.3, 0.4) is 0 Å². The van der Waals surface area contributed by atoms with Gasteiger partial charge in [0.1, 0.15) is 0 Å². The first-order chi connectivity index (χ1) is 12.1. The van der Waals surface area contributed by atoms with E-state index >= 15 is 0 Å². The topological polar surface area (TPSA) is 73.1 Å². The van der Waals surface area contributed by atoms with Gasteiger partial charge in [-0.2, -0.15) is 5.10 Å². The number of aromatic amines is 1. The Balaban J connectivity index is 1.31. The molecule has 140 valence electrons. The summed E-state index contributed by atoms with van der Waals surface area (Å²) in [5, 5.41) is 13.3. The van der Waals surface area contributed by atoms with E-state index in [4.69, 9.17) is 0 Å². The fraction of sp³-hybridized carbons (Fsp3) is 0.789. The zero-order chi connectivity index (χ0) is 17.6. The summed E-state index contributed by atoms with van der Waals surface area (Å²) in [4.78, 5) is 14.8. The van der Waals surface area contributed by atoms with Crippen LogP contribution in [-0.2, 0) is 12.8 Å². The lowest BCUT2D eigenvalue weighted by atomic mass is 9.94. The molecule has 0 aromatic carbocycles. The van der Waals surface area contributed by atoms with Crippen LogP contribution in [-0.4, -0.2) is 53.3 Å². The lowest BCUT2D eigenvalue weighted by Gasteiger charge is -2.32. The minimum Gasteiger partial charge on any atom is -0.338 e. The molecule has 1 aliphatic heterocycles. The van der Waals surface area contributed by atoms with Gasteiger partial charge in [0.2, 0.25) is 0 Å². The number of nitrogens with one attached hydrogen (secondary N) is 3. The quantitative estimate of drug-likeness (QED) is 0.739. The third-order valence-electron chi connectivity index (χ3n) is 5.64. The number of carbonyl (C=O) groups excluding carboxylic acids is 1. The van der Waals surface area contributed by atoms with Crippen LogP contribution >= 0.6 is 0 Å². The Morgan fingerprint density at radius 2 is 2.16 bits per heavy atom. The van der Waals surface area contributed by atoms with Crippen LogP contribution in [0.15, 0.2) is 6.20 Å². The number of H-pyrrole nitrogens is 1. The number of piperidine rings is 1. The number of hydrogen-bond donors (Lipinski definition) is 3. The number of nitrogens with zero attached hydrogens (tertiary/aromatic N) is 2. The summed E-state index contributed by atoms with van der Waals surface area (Å²) in [7, 11) is 0. The zero-order valence-electron chi connectivity index (χ0n) is 15.7. The van der Waals surface area contributed by atoms with Crippen LogP contribution < -0.4 is 10.6 Å². The first kappa shape index (κ1) is 18.2. The number of likely N-dealkylation sites (tertiary alicyclic amines) is 1. The van der Waals surface area contributed by atoms with Crippen LogP contribution in [0.25, 0.3) is 0 Å². The Morgan fingerprint density at radius 1 is 1.36 bits per heavy atom. The number of fused-ring (bicyclic) bond motifs is 1. The fourth-order valence-electron chi connectivity index (χ4n) is 3.86. The normalized spacial score (nSPS) is 22.0. The van der Waals surface area contributed by atoms with Gasteiger partial charge in [-0.15, -0.1) is 0 Å². The van der Waals surface area contributed by atoms with Gasteiger partial charge in [-0.3, -0.25) is 5.10 Å². The summed E-state index contributed by atoms with van der Waals surface area (Å²) < 4.78 is 0. The lowest BCUT2D eigenvalue weighted by molar-refractivity contribution is 0.174. The van der Waals surface area contributed by atoms with E-state index in [1.54, 1.807) is 0 Å². The molecule has 25 heavy (non-hydrogen) atoms. The third kappa shape index (κ3) is 5.46. The van der Waals surface area contributed by atoms with Crippen LogP contribution in [0.2, 0.25) is 0 Å². The van der Waals surface area contributed by atoms with Crippen molar-refractivity contribution in [1.82, 2.24) is 25.7 Å². The van der Waals surface area contributed by atoms with Gasteiger partial charge in [-0.1, -0.05) is 13.8 Å². The van der Waals surface area contributed by atoms with Crippen molar-refractivity contribution in [2.24, 2.45) is 11.8 Å². The summed E-state index contributed by atoms with van der Waals surface area (Å²) in [6.45, 7) is 8.93. The highest BCUT2D eigenvalue weighted by Crippen LogP contribution is 2.19. The van der Waals surface area contributed by atoms with Gasteiger partial charge < -0.3 is 15.5 Å². The van der Waals surface area contributed by atoms with Crippen LogP contribution in [0.5, 0.6) is 0 Å². The van der Waals surface area contributed by atoms with Crippen molar-refractivity contribution >= 4 is 6.03 Å². The molecule has 1 aromatic rings. The average molecular weight is 348 g/mol. The zero-order valence-corrected chi connectivity index (χ0v) is 15.7. The smallest absolute Gasteiger partial charge is 0.315 e. The van der Waals surface area contributed by atoms with Crippen molar-refractivity contribution in [2.75, 3.05) is 26.2 Å². The van der Waals surface area contributed by atoms with E-state index in [-0.39, 0.29) is 12.1 Å². The second kappa shape index (κ2) is 8.70. The van der Waals surface area contributed by atoms with Crippen molar-refractivity contribution in [2.45, 2.75) is 58.4 Å². The SMILES string of the molecule is CC(C)CCN1CCC(CNC(=O)NC2CCc3cn[nH]c3C2)CC1. The highest BCUT2D eigenvalue weighted by atomic mass is 16.2. The monoisotopic (exact) mass is 347 g/mol. The van der Waals surface area contributed by atoms with Gasteiger partial charge in [0.15, 0.2) is 0 Å². The molecule has 2 aliphatic rings. The number of amides is 2. The molecule has 0 saturated carbocycles. The van der Waals surface area contributed by atoms with E-state index < -0.39 is 0 Å². The molecule has 3 rings (SSSR count). The van der Waals surface area contributed by atoms with Crippen LogP contribution in [0, 0.1) is 11.8 Å². The van der Waals surface area contributed by atoms with E-state index in [2.05, 4.69) is 39.6 Å². The molecule has 1 aromatic heterocycles. The number of aromatic nitrogens is 2. The molecule has 1 unspecified atom stereocenters. The Bertz CT molecular complexity index is 548.